The van der Waals surface area contributed by atoms with Crippen molar-refractivity contribution < 1.29 is 24.2 Å². The van der Waals surface area contributed by atoms with Crippen molar-refractivity contribution in [2.24, 2.45) is 17.8 Å². The number of rotatable bonds is 12. The number of hydrogen-bond acceptors (Lipinski definition) is 6. The number of β-amino-alcohol motifs (C(OH)–C–C–N with tert-alkyl or cyclic N) is 1. The summed E-state index contributed by atoms with van der Waals surface area (Å²) in [4.78, 5) is 45.1. The number of aliphatic hydroxyl groups is 1. The van der Waals surface area contributed by atoms with Gasteiger partial charge in [0.25, 0.3) is 0 Å². The first-order valence-electron chi connectivity index (χ1n) is 13.7. The lowest BCUT2D eigenvalue weighted by molar-refractivity contribution is -0.154. The van der Waals surface area contributed by atoms with E-state index in [1.54, 1.807) is 22.7 Å². The largest absolute Gasteiger partial charge is 0.465 e. The Labute approximate surface area is 219 Å². The first-order chi connectivity index (χ1) is 17.4. The smallest absolute Gasteiger partial charge is 0.310 e. The van der Waals surface area contributed by atoms with Gasteiger partial charge >= 0.3 is 5.97 Å². The highest BCUT2D eigenvalue weighted by Gasteiger charge is 2.76. The lowest BCUT2D eigenvalue weighted by Crippen LogP contribution is -2.59. The Kier molecular flexibility index (Phi) is 8.87. The molecule has 36 heavy (non-hydrogen) atoms. The molecule has 2 bridgehead atoms. The maximum Gasteiger partial charge on any atom is 0.310 e. The maximum absolute atomic E-state index is 14.4. The van der Waals surface area contributed by atoms with Crippen LogP contribution in [0.15, 0.2) is 25.3 Å². The molecule has 3 heterocycles. The van der Waals surface area contributed by atoms with Crippen LogP contribution in [0.2, 0.25) is 0 Å². The van der Waals surface area contributed by atoms with Crippen LogP contribution in [0.3, 0.4) is 0 Å². The third-order valence-electron chi connectivity index (χ3n) is 8.76. The normalized spacial score (nSPS) is 33.4. The van der Waals surface area contributed by atoms with Crippen LogP contribution in [0.25, 0.3) is 0 Å². The molecule has 4 fully saturated rings. The standard InChI is InChI=1S/C28H42N2O5S/c1-4-6-7-11-17-35-27(34)22-21-18-19(3)28(36-21)23(22)25(32)30(15-16-31)24(28)26(33)29(14-5-2)20-12-9-8-10-13-20/h4-5,19-24,31H,1-2,6-18H2,3H3/t19?,21-,22+,23+,24?,28?/m1/s1. The molecule has 3 aliphatic heterocycles. The average molecular weight is 519 g/mol. The first-order valence-corrected chi connectivity index (χ1v) is 14.6. The molecule has 3 saturated heterocycles. The zero-order valence-electron chi connectivity index (χ0n) is 21.6. The van der Waals surface area contributed by atoms with E-state index in [4.69, 9.17) is 4.74 Å². The molecule has 4 aliphatic rings. The van der Waals surface area contributed by atoms with Gasteiger partial charge in [0.15, 0.2) is 0 Å². The highest BCUT2D eigenvalue weighted by atomic mass is 32.2. The minimum Gasteiger partial charge on any atom is -0.465 e. The van der Waals surface area contributed by atoms with Gasteiger partial charge in [-0.1, -0.05) is 38.3 Å². The summed E-state index contributed by atoms with van der Waals surface area (Å²) >= 11 is 1.66. The second-order valence-corrected chi connectivity index (χ2v) is 12.4. The molecule has 3 unspecified atom stereocenters. The Morgan fingerprint density at radius 1 is 1.22 bits per heavy atom. The van der Waals surface area contributed by atoms with Crippen molar-refractivity contribution in [3.8, 4) is 0 Å². The van der Waals surface area contributed by atoms with Crippen LogP contribution in [0.1, 0.15) is 64.7 Å². The summed E-state index contributed by atoms with van der Waals surface area (Å²) in [6, 6.07) is -0.541. The number of fused-ring (bicyclic) bond motifs is 1. The number of hydrogen-bond donors (Lipinski definition) is 1. The predicted octanol–water partition coefficient (Wildman–Crippen LogP) is 3.56. The molecule has 2 amide bonds. The molecule has 1 N–H and O–H groups in total. The first kappa shape index (κ1) is 27.2. The van der Waals surface area contributed by atoms with Gasteiger partial charge in [-0.15, -0.1) is 24.9 Å². The van der Waals surface area contributed by atoms with Crippen LogP contribution >= 0.6 is 11.8 Å². The molecule has 200 valence electrons. The number of likely N-dealkylation sites (tertiary alicyclic amines) is 1. The fourth-order valence-corrected chi connectivity index (χ4v) is 9.59. The highest BCUT2D eigenvalue weighted by molar-refractivity contribution is 8.02. The molecule has 0 aromatic rings. The highest BCUT2D eigenvalue weighted by Crippen LogP contribution is 2.68. The van der Waals surface area contributed by atoms with Crippen LogP contribution < -0.4 is 0 Å². The zero-order chi connectivity index (χ0) is 25.9. The SMILES string of the molecule is C=CCCCCOC(=O)[C@@H]1[C@H]2C(=O)N(CCO)C(C(=O)N(CC=C)C3CCCCC3)C23S[C@@H]1CC3C. The Balaban J connectivity index is 1.62. The number of ether oxygens (including phenoxy) is 1. The second kappa shape index (κ2) is 11.7. The third kappa shape index (κ3) is 4.64. The quantitative estimate of drug-likeness (QED) is 0.242. The number of amides is 2. The van der Waals surface area contributed by atoms with Crippen molar-refractivity contribution in [1.29, 1.82) is 0 Å². The molecule has 8 heteroatoms. The Morgan fingerprint density at radius 2 is 1.97 bits per heavy atom. The monoisotopic (exact) mass is 518 g/mol. The number of allylic oxidation sites excluding steroid dienone is 1. The number of carbonyl (C=O) groups excluding carboxylic acids is 3. The Hall–Kier alpha value is -1.80. The fraction of sp³-hybridized carbons (Fsp3) is 0.750. The van der Waals surface area contributed by atoms with Gasteiger partial charge in [0.2, 0.25) is 11.8 Å². The summed E-state index contributed by atoms with van der Waals surface area (Å²) < 4.78 is 5.00. The number of aliphatic hydroxyl groups excluding tert-OH is 1. The van der Waals surface area contributed by atoms with Gasteiger partial charge in [0, 0.05) is 24.4 Å². The van der Waals surface area contributed by atoms with Crippen molar-refractivity contribution in [3.05, 3.63) is 25.3 Å². The van der Waals surface area contributed by atoms with Gasteiger partial charge in [0.05, 0.1) is 29.8 Å². The molecule has 6 atom stereocenters. The maximum atomic E-state index is 14.4. The van der Waals surface area contributed by atoms with Gasteiger partial charge in [-0.05, 0) is 44.4 Å². The fourth-order valence-electron chi connectivity index (χ4n) is 7.18. The second-order valence-electron chi connectivity index (χ2n) is 10.8. The molecule has 0 radical (unpaired) electrons. The number of carbonyl (C=O) groups is 3. The van der Waals surface area contributed by atoms with Crippen LogP contribution in [0, 0.1) is 17.8 Å². The molecular weight excluding hydrogens is 476 g/mol. The summed E-state index contributed by atoms with van der Waals surface area (Å²) in [5.41, 5.74) is 0. The van der Waals surface area contributed by atoms with Crippen molar-refractivity contribution in [2.75, 3.05) is 26.3 Å². The van der Waals surface area contributed by atoms with Crippen molar-refractivity contribution >= 4 is 29.5 Å². The van der Waals surface area contributed by atoms with Crippen molar-refractivity contribution in [2.45, 2.75) is 86.8 Å². The molecule has 1 spiro atoms. The molecule has 4 rings (SSSR count). The lowest BCUT2D eigenvalue weighted by atomic mass is 9.66. The molecule has 1 aliphatic carbocycles. The van der Waals surface area contributed by atoms with Crippen molar-refractivity contribution in [3.63, 3.8) is 0 Å². The summed E-state index contributed by atoms with van der Waals surface area (Å²) in [7, 11) is 0. The number of thioether (sulfide) groups is 1. The van der Waals surface area contributed by atoms with E-state index in [2.05, 4.69) is 20.1 Å². The van der Waals surface area contributed by atoms with Gasteiger partial charge in [-0.2, -0.15) is 0 Å². The van der Waals surface area contributed by atoms with Crippen molar-refractivity contribution in [1.82, 2.24) is 9.80 Å². The van der Waals surface area contributed by atoms with Gasteiger partial charge in [-0.3, -0.25) is 14.4 Å². The van der Waals surface area contributed by atoms with E-state index in [-0.39, 0.29) is 48.1 Å². The third-order valence-corrected chi connectivity index (χ3v) is 10.8. The summed E-state index contributed by atoms with van der Waals surface area (Å²) in [6.07, 6.45) is 12.2. The summed E-state index contributed by atoms with van der Waals surface area (Å²) in [5, 5.41) is 9.83. The average Bonchev–Trinajstić information content (AvgIpc) is 3.46. The number of unbranched alkanes of at least 4 members (excludes halogenated alkanes) is 2. The number of esters is 1. The molecule has 0 aromatic carbocycles. The Bertz CT molecular complexity index is 859. The molecule has 0 aromatic heterocycles. The predicted molar refractivity (Wildman–Crippen MR) is 141 cm³/mol. The van der Waals surface area contributed by atoms with E-state index in [0.717, 1.165) is 51.4 Å². The van der Waals surface area contributed by atoms with Crippen LogP contribution in [0.4, 0.5) is 0 Å². The Morgan fingerprint density at radius 3 is 2.64 bits per heavy atom. The number of nitrogens with zero attached hydrogens (tertiary/aromatic N) is 2. The van der Waals surface area contributed by atoms with E-state index in [1.165, 1.54) is 6.42 Å². The summed E-state index contributed by atoms with van der Waals surface area (Å²) in [5.74, 6) is -1.57. The lowest BCUT2D eigenvalue weighted by Gasteiger charge is -2.43. The molecular formula is C28H42N2O5S. The minimum absolute atomic E-state index is 0.0243. The van der Waals surface area contributed by atoms with E-state index in [9.17, 15) is 19.5 Å². The van der Waals surface area contributed by atoms with Gasteiger partial charge in [0.1, 0.15) is 6.04 Å². The van der Waals surface area contributed by atoms with Gasteiger partial charge in [-0.25, -0.2) is 0 Å². The minimum atomic E-state index is -0.681. The zero-order valence-corrected chi connectivity index (χ0v) is 22.4. The van der Waals surface area contributed by atoms with Gasteiger partial charge < -0.3 is 19.6 Å². The van der Waals surface area contributed by atoms with Crippen LogP contribution in [-0.2, 0) is 19.1 Å². The van der Waals surface area contributed by atoms with Crippen LogP contribution in [-0.4, -0.2) is 81.1 Å². The van der Waals surface area contributed by atoms with E-state index in [0.29, 0.717) is 13.2 Å². The van der Waals surface area contributed by atoms with E-state index < -0.39 is 22.6 Å². The summed E-state index contributed by atoms with van der Waals surface area (Å²) in [6.45, 7) is 10.4. The van der Waals surface area contributed by atoms with Crippen LogP contribution in [0.5, 0.6) is 0 Å². The van der Waals surface area contributed by atoms with E-state index >= 15 is 0 Å². The molecule has 1 saturated carbocycles. The topological polar surface area (TPSA) is 87.1 Å². The van der Waals surface area contributed by atoms with E-state index in [1.807, 2.05) is 11.0 Å². The molecule has 7 nitrogen and oxygen atoms in total.